The standard InChI is InChI=1S/C8H18N2O3P/c1-3-12-14(11,13-4-2)8-7-9-5-6-10-8/h8-9H,3-7H2,1-2H3. The first kappa shape index (κ1) is 12.1. The number of nitrogens with one attached hydrogen (secondary N) is 1. The summed E-state index contributed by atoms with van der Waals surface area (Å²) in [7, 11) is -3.02. The van der Waals surface area contributed by atoms with Crippen LogP contribution in [0.5, 0.6) is 0 Å². The van der Waals surface area contributed by atoms with Crippen molar-refractivity contribution in [1.29, 1.82) is 0 Å². The molecule has 0 amide bonds. The van der Waals surface area contributed by atoms with E-state index in [4.69, 9.17) is 9.05 Å². The maximum absolute atomic E-state index is 12.2. The van der Waals surface area contributed by atoms with Gasteiger partial charge in [-0.15, -0.1) is 0 Å². The molecule has 1 radical (unpaired) electrons. The summed E-state index contributed by atoms with van der Waals surface area (Å²) < 4.78 is 22.6. The summed E-state index contributed by atoms with van der Waals surface area (Å²) in [6, 6.07) is 0. The largest absolute Gasteiger partial charge is 0.350 e. The zero-order valence-electron chi connectivity index (χ0n) is 8.73. The molecule has 1 atom stereocenters. The summed E-state index contributed by atoms with van der Waals surface area (Å²) in [6.45, 7) is 6.50. The average Bonchev–Trinajstić information content (AvgIpc) is 2.20. The van der Waals surface area contributed by atoms with E-state index in [1.54, 1.807) is 0 Å². The lowest BCUT2D eigenvalue weighted by molar-refractivity contribution is 0.203. The molecular weight excluding hydrogens is 203 g/mol. The van der Waals surface area contributed by atoms with E-state index in [2.05, 4.69) is 10.6 Å². The van der Waals surface area contributed by atoms with Gasteiger partial charge in [0.2, 0.25) is 0 Å². The van der Waals surface area contributed by atoms with Crippen molar-refractivity contribution in [1.82, 2.24) is 10.6 Å². The molecule has 1 aliphatic rings. The number of hydrogen-bond acceptors (Lipinski definition) is 4. The molecule has 0 aromatic rings. The van der Waals surface area contributed by atoms with Gasteiger partial charge in [-0.25, -0.2) is 5.32 Å². The molecule has 5 nitrogen and oxygen atoms in total. The lowest BCUT2D eigenvalue weighted by Crippen LogP contribution is -2.44. The van der Waals surface area contributed by atoms with E-state index >= 15 is 0 Å². The second-order valence-electron chi connectivity index (χ2n) is 2.97. The molecule has 0 bridgehead atoms. The highest BCUT2D eigenvalue weighted by Gasteiger charge is 2.36. The van der Waals surface area contributed by atoms with Crippen LogP contribution in [0.4, 0.5) is 0 Å². The van der Waals surface area contributed by atoms with Crippen LogP contribution in [-0.2, 0) is 13.6 Å². The second-order valence-corrected chi connectivity index (χ2v) is 5.16. The maximum atomic E-state index is 12.2. The molecule has 1 N–H and O–H groups in total. The molecule has 6 heteroatoms. The van der Waals surface area contributed by atoms with Crippen molar-refractivity contribution in [2.75, 3.05) is 32.8 Å². The van der Waals surface area contributed by atoms with Gasteiger partial charge in [-0.2, -0.15) is 0 Å². The number of nitrogens with zero attached hydrogens (tertiary/aromatic N) is 1. The zero-order valence-corrected chi connectivity index (χ0v) is 9.63. The Hall–Kier alpha value is 0.0700. The Kier molecular flexibility index (Phi) is 5.06. The predicted molar refractivity (Wildman–Crippen MR) is 54.5 cm³/mol. The Morgan fingerprint density at radius 1 is 1.43 bits per heavy atom. The van der Waals surface area contributed by atoms with Gasteiger partial charge in [-0.3, -0.25) is 4.57 Å². The summed E-state index contributed by atoms with van der Waals surface area (Å²) in [5, 5.41) is 7.39. The fraction of sp³-hybridized carbons (Fsp3) is 1.00. The monoisotopic (exact) mass is 221 g/mol. The Balaban J connectivity index is 2.59. The third kappa shape index (κ3) is 3.04. The Morgan fingerprint density at radius 2 is 2.07 bits per heavy atom. The Labute approximate surface area is 85.1 Å². The summed E-state index contributed by atoms with van der Waals surface area (Å²) in [5.41, 5.74) is 0. The molecule has 0 spiro atoms. The molecule has 1 fully saturated rings. The van der Waals surface area contributed by atoms with E-state index in [1.165, 1.54) is 0 Å². The minimum absolute atomic E-state index is 0.337. The van der Waals surface area contributed by atoms with Crippen molar-refractivity contribution >= 4 is 7.60 Å². The van der Waals surface area contributed by atoms with E-state index in [0.717, 1.165) is 6.54 Å². The zero-order chi connectivity index (χ0) is 10.4. The first-order valence-corrected chi connectivity index (χ1v) is 6.60. The fourth-order valence-electron chi connectivity index (χ4n) is 1.37. The van der Waals surface area contributed by atoms with Crippen molar-refractivity contribution in [2.24, 2.45) is 0 Å². The summed E-state index contributed by atoms with van der Waals surface area (Å²) in [6.07, 6.45) is 0. The smallest absolute Gasteiger partial charge is 0.313 e. The van der Waals surface area contributed by atoms with Gasteiger partial charge in [0.15, 0.2) is 0 Å². The highest BCUT2D eigenvalue weighted by atomic mass is 31.2. The number of piperazine rings is 1. The van der Waals surface area contributed by atoms with Crippen molar-refractivity contribution in [3.63, 3.8) is 0 Å². The van der Waals surface area contributed by atoms with Gasteiger partial charge in [-0.1, -0.05) is 0 Å². The van der Waals surface area contributed by atoms with Gasteiger partial charge < -0.3 is 14.4 Å². The Morgan fingerprint density at radius 3 is 2.50 bits per heavy atom. The maximum Gasteiger partial charge on any atom is 0.350 e. The molecule has 1 unspecified atom stereocenters. The molecule has 0 aliphatic carbocycles. The molecular formula is C8H18N2O3P. The van der Waals surface area contributed by atoms with Crippen LogP contribution in [0.2, 0.25) is 0 Å². The average molecular weight is 221 g/mol. The van der Waals surface area contributed by atoms with Crippen molar-refractivity contribution in [3.8, 4) is 0 Å². The second kappa shape index (κ2) is 5.83. The third-order valence-corrected chi connectivity index (χ3v) is 4.25. The van der Waals surface area contributed by atoms with Crippen molar-refractivity contribution < 1.29 is 13.6 Å². The van der Waals surface area contributed by atoms with E-state index in [0.29, 0.717) is 26.3 Å². The SMILES string of the molecule is CCOP(=O)(OCC)C1CNCC[N]1. The molecule has 1 heterocycles. The van der Waals surface area contributed by atoms with Gasteiger partial charge in [0.1, 0.15) is 5.78 Å². The van der Waals surface area contributed by atoms with Crippen LogP contribution in [0.25, 0.3) is 0 Å². The predicted octanol–water partition coefficient (Wildman–Crippen LogP) is 0.786. The molecule has 14 heavy (non-hydrogen) atoms. The molecule has 0 saturated carbocycles. The Bertz CT molecular complexity index is 197. The first-order valence-electron chi connectivity index (χ1n) is 4.99. The molecule has 0 aromatic heterocycles. The van der Waals surface area contributed by atoms with Crippen LogP contribution < -0.4 is 10.6 Å². The quantitative estimate of drug-likeness (QED) is 0.697. The van der Waals surface area contributed by atoms with Gasteiger partial charge in [0, 0.05) is 19.6 Å². The summed E-state index contributed by atoms with van der Waals surface area (Å²) in [5.74, 6) is -0.337. The van der Waals surface area contributed by atoms with Crippen LogP contribution in [0, 0.1) is 0 Å². The lowest BCUT2D eigenvalue weighted by Gasteiger charge is -2.29. The molecule has 1 rings (SSSR count). The molecule has 83 valence electrons. The van der Waals surface area contributed by atoms with Crippen molar-refractivity contribution in [2.45, 2.75) is 19.6 Å². The molecule has 1 aliphatic heterocycles. The number of rotatable bonds is 5. The van der Waals surface area contributed by atoms with Gasteiger partial charge in [-0.05, 0) is 13.8 Å². The van der Waals surface area contributed by atoms with Gasteiger partial charge in [0.05, 0.1) is 13.2 Å². The van der Waals surface area contributed by atoms with E-state index in [1.807, 2.05) is 13.8 Å². The summed E-state index contributed by atoms with van der Waals surface area (Å²) in [4.78, 5) is 0. The van der Waals surface area contributed by atoms with Crippen LogP contribution in [-0.4, -0.2) is 38.6 Å². The van der Waals surface area contributed by atoms with Crippen LogP contribution in [0.1, 0.15) is 13.8 Å². The van der Waals surface area contributed by atoms with Crippen LogP contribution in [0.3, 0.4) is 0 Å². The van der Waals surface area contributed by atoms with E-state index < -0.39 is 7.60 Å². The molecule has 0 aromatic carbocycles. The van der Waals surface area contributed by atoms with Gasteiger partial charge >= 0.3 is 7.60 Å². The minimum Gasteiger partial charge on any atom is -0.313 e. The van der Waals surface area contributed by atoms with E-state index in [9.17, 15) is 4.57 Å². The topological polar surface area (TPSA) is 61.7 Å². The highest BCUT2D eigenvalue weighted by molar-refractivity contribution is 7.54. The minimum atomic E-state index is -3.02. The number of hydrogen-bond donors (Lipinski definition) is 1. The van der Waals surface area contributed by atoms with Crippen molar-refractivity contribution in [3.05, 3.63) is 0 Å². The fourth-order valence-corrected chi connectivity index (χ4v) is 3.18. The van der Waals surface area contributed by atoms with Gasteiger partial charge in [0.25, 0.3) is 0 Å². The normalized spacial score (nSPS) is 23.7. The third-order valence-electron chi connectivity index (χ3n) is 1.94. The lowest BCUT2D eigenvalue weighted by atomic mass is 10.4. The highest BCUT2D eigenvalue weighted by Crippen LogP contribution is 2.52. The summed E-state index contributed by atoms with van der Waals surface area (Å²) >= 11 is 0. The van der Waals surface area contributed by atoms with E-state index in [-0.39, 0.29) is 5.78 Å². The van der Waals surface area contributed by atoms with Crippen LogP contribution >= 0.6 is 7.60 Å². The molecule has 1 saturated heterocycles. The first-order chi connectivity index (χ1) is 6.73. The van der Waals surface area contributed by atoms with Crippen LogP contribution in [0.15, 0.2) is 0 Å².